The van der Waals surface area contributed by atoms with Crippen LogP contribution in [0.5, 0.6) is 0 Å². The molecule has 0 radical (unpaired) electrons. The van der Waals surface area contributed by atoms with Crippen molar-refractivity contribution in [3.63, 3.8) is 0 Å². The molecular formula is C15H18FN3O2. The molecule has 1 heterocycles. The van der Waals surface area contributed by atoms with Crippen LogP contribution in [0.25, 0.3) is 0 Å². The molecule has 0 aliphatic rings. The van der Waals surface area contributed by atoms with E-state index in [0.29, 0.717) is 30.1 Å². The molecule has 5 nitrogen and oxygen atoms in total. The maximum absolute atomic E-state index is 13.0. The Bertz CT molecular complexity index is 633. The number of nitrogens with zero attached hydrogens (tertiary/aromatic N) is 1. The molecule has 0 unspecified atom stereocenters. The highest BCUT2D eigenvalue weighted by atomic mass is 19.1. The molecule has 0 aliphatic carbocycles. The van der Waals surface area contributed by atoms with Gasteiger partial charge in [-0.2, -0.15) is 0 Å². The van der Waals surface area contributed by atoms with Crippen molar-refractivity contribution in [2.24, 2.45) is 0 Å². The number of anilines is 1. The van der Waals surface area contributed by atoms with Crippen molar-refractivity contribution in [3.05, 3.63) is 46.6 Å². The second-order valence-corrected chi connectivity index (χ2v) is 4.90. The summed E-state index contributed by atoms with van der Waals surface area (Å²) in [5.74, 6) is 0.317. The largest absolute Gasteiger partial charge is 0.359 e. The first kappa shape index (κ1) is 15.0. The summed E-state index contributed by atoms with van der Waals surface area (Å²) < 4.78 is 18.0. The van der Waals surface area contributed by atoms with Gasteiger partial charge in [-0.3, -0.25) is 0 Å². The maximum Gasteiger partial charge on any atom is 0.319 e. The van der Waals surface area contributed by atoms with Crippen molar-refractivity contribution in [2.75, 3.05) is 11.9 Å². The molecule has 0 aliphatic heterocycles. The van der Waals surface area contributed by atoms with Gasteiger partial charge in [-0.25, -0.2) is 9.18 Å². The second-order valence-electron chi connectivity index (χ2n) is 4.90. The minimum atomic E-state index is -0.316. The van der Waals surface area contributed by atoms with Crippen LogP contribution in [-0.4, -0.2) is 17.7 Å². The van der Waals surface area contributed by atoms with Crippen molar-refractivity contribution in [1.82, 2.24) is 10.5 Å². The lowest BCUT2D eigenvalue weighted by atomic mass is 10.1. The zero-order valence-corrected chi connectivity index (χ0v) is 12.3. The Labute approximate surface area is 122 Å². The van der Waals surface area contributed by atoms with Crippen LogP contribution in [0.15, 0.2) is 22.7 Å². The molecule has 0 spiro atoms. The van der Waals surface area contributed by atoms with Gasteiger partial charge in [-0.05, 0) is 50.5 Å². The number of aromatic nitrogens is 1. The molecule has 2 amide bonds. The van der Waals surface area contributed by atoms with Gasteiger partial charge in [0.2, 0.25) is 0 Å². The van der Waals surface area contributed by atoms with E-state index in [-0.39, 0.29) is 11.8 Å². The molecule has 1 aromatic carbocycles. The van der Waals surface area contributed by atoms with Gasteiger partial charge in [0, 0.05) is 6.54 Å². The summed E-state index contributed by atoms with van der Waals surface area (Å²) in [6, 6.07) is 4.33. The normalized spacial score (nSPS) is 10.5. The summed E-state index contributed by atoms with van der Waals surface area (Å²) in [6.07, 6.45) is 0.640. The topological polar surface area (TPSA) is 67.2 Å². The average molecular weight is 291 g/mol. The number of carbonyl (C=O) groups is 1. The van der Waals surface area contributed by atoms with E-state index in [4.69, 9.17) is 4.52 Å². The Hall–Kier alpha value is -2.37. The lowest BCUT2D eigenvalue weighted by Crippen LogP contribution is -2.30. The summed E-state index contributed by atoms with van der Waals surface area (Å²) >= 11 is 0. The smallest absolute Gasteiger partial charge is 0.319 e. The molecule has 0 saturated heterocycles. The number of nitrogens with one attached hydrogen (secondary N) is 2. The molecule has 1 aromatic heterocycles. The highest BCUT2D eigenvalue weighted by Crippen LogP contribution is 2.18. The molecule has 0 bridgehead atoms. The minimum absolute atomic E-state index is 0.250. The van der Waals surface area contributed by atoms with Gasteiger partial charge in [0.1, 0.15) is 17.2 Å². The predicted molar refractivity (Wildman–Crippen MR) is 77.8 cm³/mol. The van der Waals surface area contributed by atoms with Crippen LogP contribution in [-0.2, 0) is 6.42 Å². The number of aryl methyl sites for hydroxylation is 3. The van der Waals surface area contributed by atoms with Crippen molar-refractivity contribution in [1.29, 1.82) is 0 Å². The molecule has 21 heavy (non-hydrogen) atoms. The quantitative estimate of drug-likeness (QED) is 0.909. The molecule has 2 rings (SSSR count). The number of rotatable bonds is 4. The third-order valence-corrected chi connectivity index (χ3v) is 3.26. The number of halogens is 1. The third-order valence-electron chi connectivity index (χ3n) is 3.26. The van der Waals surface area contributed by atoms with Crippen LogP contribution in [0, 0.1) is 26.6 Å². The van der Waals surface area contributed by atoms with Crippen LogP contribution in [0.3, 0.4) is 0 Å². The number of hydrogen-bond acceptors (Lipinski definition) is 3. The van der Waals surface area contributed by atoms with Crippen LogP contribution in [0.1, 0.15) is 22.6 Å². The maximum atomic E-state index is 13.0. The van der Waals surface area contributed by atoms with E-state index in [0.717, 1.165) is 11.1 Å². The van der Waals surface area contributed by atoms with E-state index < -0.39 is 0 Å². The van der Waals surface area contributed by atoms with E-state index in [1.54, 1.807) is 19.9 Å². The lowest BCUT2D eigenvalue weighted by Gasteiger charge is -2.09. The molecular weight excluding hydrogens is 273 g/mol. The Balaban J connectivity index is 1.85. The predicted octanol–water partition coefficient (Wildman–Crippen LogP) is 3.10. The third kappa shape index (κ3) is 3.81. The van der Waals surface area contributed by atoms with Crippen molar-refractivity contribution in [2.45, 2.75) is 27.2 Å². The molecule has 2 N–H and O–H groups in total. The van der Waals surface area contributed by atoms with Crippen molar-refractivity contribution >= 4 is 11.7 Å². The zero-order valence-electron chi connectivity index (χ0n) is 12.3. The van der Waals surface area contributed by atoms with Gasteiger partial charge in [0.05, 0.1) is 0 Å². The van der Waals surface area contributed by atoms with E-state index >= 15 is 0 Å². The Morgan fingerprint density at radius 3 is 2.71 bits per heavy atom. The summed E-state index contributed by atoms with van der Waals surface area (Å²) in [7, 11) is 0. The monoisotopic (exact) mass is 291 g/mol. The van der Waals surface area contributed by atoms with Crippen molar-refractivity contribution in [3.8, 4) is 0 Å². The van der Waals surface area contributed by atoms with Gasteiger partial charge in [-0.1, -0.05) is 11.2 Å². The van der Waals surface area contributed by atoms with Crippen LogP contribution in [0.2, 0.25) is 0 Å². The van der Waals surface area contributed by atoms with Gasteiger partial charge in [0.15, 0.2) is 5.76 Å². The molecule has 112 valence electrons. The number of carbonyl (C=O) groups excluding carboxylic acids is 1. The minimum Gasteiger partial charge on any atom is -0.359 e. The molecule has 0 atom stereocenters. The van der Waals surface area contributed by atoms with E-state index in [9.17, 15) is 9.18 Å². The molecule has 6 heteroatoms. The van der Waals surface area contributed by atoms with Gasteiger partial charge < -0.3 is 15.2 Å². The highest BCUT2D eigenvalue weighted by molar-refractivity contribution is 5.90. The molecule has 2 aromatic rings. The first-order valence-electron chi connectivity index (χ1n) is 6.70. The summed E-state index contributed by atoms with van der Waals surface area (Å²) in [5, 5.41) is 9.22. The fourth-order valence-electron chi connectivity index (χ4n) is 2.07. The summed E-state index contributed by atoms with van der Waals surface area (Å²) in [4.78, 5) is 11.8. The second kappa shape index (κ2) is 6.39. The van der Waals surface area contributed by atoms with E-state index in [2.05, 4.69) is 15.8 Å². The van der Waals surface area contributed by atoms with Crippen LogP contribution < -0.4 is 10.6 Å². The highest BCUT2D eigenvalue weighted by Gasteiger charge is 2.11. The SMILES string of the molecule is Cc1cc(F)ccc1CCNC(=O)Nc1c(C)noc1C. The first-order chi connectivity index (χ1) is 9.97. The number of amides is 2. The van der Waals surface area contributed by atoms with E-state index in [1.807, 2.05) is 6.92 Å². The molecule has 0 saturated carbocycles. The first-order valence-corrected chi connectivity index (χ1v) is 6.70. The Morgan fingerprint density at radius 2 is 2.10 bits per heavy atom. The standard InChI is InChI=1S/C15H18FN3O2/c1-9-8-13(16)5-4-12(9)6-7-17-15(20)18-14-10(2)19-21-11(14)3/h4-5,8H,6-7H2,1-3H3,(H2,17,18,20). The van der Waals surface area contributed by atoms with Gasteiger partial charge in [0.25, 0.3) is 0 Å². The van der Waals surface area contributed by atoms with Crippen LogP contribution in [0.4, 0.5) is 14.9 Å². The van der Waals surface area contributed by atoms with Gasteiger partial charge >= 0.3 is 6.03 Å². The Kier molecular flexibility index (Phi) is 4.57. The average Bonchev–Trinajstić information content (AvgIpc) is 2.73. The number of urea groups is 1. The fourth-order valence-corrected chi connectivity index (χ4v) is 2.07. The van der Waals surface area contributed by atoms with Crippen LogP contribution >= 0.6 is 0 Å². The summed E-state index contributed by atoms with van der Waals surface area (Å²) in [6.45, 7) is 5.80. The van der Waals surface area contributed by atoms with Crippen molar-refractivity contribution < 1.29 is 13.7 Å². The summed E-state index contributed by atoms with van der Waals surface area (Å²) in [5.41, 5.74) is 3.11. The Morgan fingerprint density at radius 1 is 1.33 bits per heavy atom. The molecule has 0 fully saturated rings. The lowest BCUT2D eigenvalue weighted by molar-refractivity contribution is 0.252. The van der Waals surface area contributed by atoms with E-state index in [1.165, 1.54) is 12.1 Å². The number of hydrogen-bond donors (Lipinski definition) is 2. The van der Waals surface area contributed by atoms with Gasteiger partial charge in [-0.15, -0.1) is 0 Å². The zero-order chi connectivity index (χ0) is 15.4. The number of benzene rings is 1. The fraction of sp³-hybridized carbons (Fsp3) is 0.333.